The fourth-order valence-electron chi connectivity index (χ4n) is 4.45. The second-order valence-corrected chi connectivity index (χ2v) is 6.72. The van der Waals surface area contributed by atoms with Gasteiger partial charge in [-0.1, -0.05) is 12.8 Å². The average molecular weight is 280 g/mol. The molecule has 3 unspecified atom stereocenters. The minimum Gasteiger partial charge on any atom is -0.378 e. The molecule has 4 heteroatoms. The summed E-state index contributed by atoms with van der Waals surface area (Å²) in [4.78, 5) is 12.4. The van der Waals surface area contributed by atoms with Crippen LogP contribution in [-0.4, -0.2) is 37.7 Å². The van der Waals surface area contributed by atoms with E-state index in [9.17, 15) is 4.79 Å². The number of nitrogens with one attached hydrogen (secondary N) is 2. The van der Waals surface area contributed by atoms with Crippen molar-refractivity contribution in [2.75, 3.05) is 19.7 Å². The molecule has 1 heterocycles. The zero-order valence-electron chi connectivity index (χ0n) is 12.6. The first kappa shape index (κ1) is 14.3. The Labute approximate surface area is 122 Å². The van der Waals surface area contributed by atoms with Gasteiger partial charge in [-0.25, -0.2) is 0 Å². The number of hydrogen-bond acceptors (Lipinski definition) is 3. The number of hydrogen-bond donors (Lipinski definition) is 2. The van der Waals surface area contributed by atoms with Gasteiger partial charge in [0.05, 0.1) is 12.0 Å². The fraction of sp³-hybridized carbons (Fsp3) is 0.938. The Hall–Kier alpha value is -0.610. The van der Waals surface area contributed by atoms with Crippen LogP contribution in [0.2, 0.25) is 0 Å². The molecule has 0 aromatic rings. The van der Waals surface area contributed by atoms with Crippen molar-refractivity contribution < 1.29 is 9.53 Å². The largest absolute Gasteiger partial charge is 0.378 e. The second kappa shape index (κ2) is 6.02. The quantitative estimate of drug-likeness (QED) is 0.826. The molecule has 0 bridgehead atoms. The molecule has 0 aromatic heterocycles. The predicted molar refractivity (Wildman–Crippen MR) is 78.5 cm³/mol. The van der Waals surface area contributed by atoms with Gasteiger partial charge in [-0.3, -0.25) is 4.79 Å². The Morgan fingerprint density at radius 2 is 2.15 bits per heavy atom. The normalized spacial score (nSPS) is 35.8. The van der Waals surface area contributed by atoms with Crippen LogP contribution in [0.5, 0.6) is 0 Å². The van der Waals surface area contributed by atoms with Crippen molar-refractivity contribution in [1.29, 1.82) is 0 Å². The van der Waals surface area contributed by atoms with Crippen LogP contribution in [0.25, 0.3) is 0 Å². The summed E-state index contributed by atoms with van der Waals surface area (Å²) < 4.78 is 5.91. The Balaban J connectivity index is 1.58. The van der Waals surface area contributed by atoms with E-state index in [4.69, 9.17) is 4.74 Å². The third-order valence-corrected chi connectivity index (χ3v) is 5.67. The molecule has 0 aromatic carbocycles. The Morgan fingerprint density at radius 1 is 1.35 bits per heavy atom. The molecule has 3 fully saturated rings. The predicted octanol–water partition coefficient (Wildman–Crippen LogP) is 1.84. The minimum absolute atomic E-state index is 0.174. The van der Waals surface area contributed by atoms with E-state index < -0.39 is 0 Å². The average Bonchev–Trinajstić information content (AvgIpc) is 2.99. The molecule has 4 nitrogen and oxygen atoms in total. The van der Waals surface area contributed by atoms with Crippen LogP contribution in [0.15, 0.2) is 0 Å². The third-order valence-electron chi connectivity index (χ3n) is 5.67. The summed E-state index contributed by atoms with van der Waals surface area (Å²) in [5, 5.41) is 6.68. The highest BCUT2D eigenvalue weighted by Crippen LogP contribution is 2.54. The molecule has 2 saturated carbocycles. The van der Waals surface area contributed by atoms with E-state index in [-0.39, 0.29) is 17.2 Å². The zero-order valence-corrected chi connectivity index (χ0v) is 12.6. The second-order valence-electron chi connectivity index (χ2n) is 6.72. The van der Waals surface area contributed by atoms with Crippen LogP contribution in [0.4, 0.5) is 0 Å². The minimum atomic E-state index is 0.174. The number of amides is 1. The van der Waals surface area contributed by atoms with Crippen LogP contribution < -0.4 is 10.6 Å². The highest BCUT2D eigenvalue weighted by atomic mass is 16.5. The van der Waals surface area contributed by atoms with E-state index in [2.05, 4.69) is 17.6 Å². The molecule has 114 valence electrons. The van der Waals surface area contributed by atoms with Gasteiger partial charge in [-0.05, 0) is 45.6 Å². The maximum absolute atomic E-state index is 12.4. The first-order valence-corrected chi connectivity index (χ1v) is 8.39. The Bertz CT molecular complexity index is 346. The molecule has 3 atom stereocenters. The molecule has 0 radical (unpaired) electrons. The molecule has 3 rings (SSSR count). The summed E-state index contributed by atoms with van der Waals surface area (Å²) in [7, 11) is 0. The van der Waals surface area contributed by atoms with Gasteiger partial charge in [0.1, 0.15) is 0 Å². The van der Waals surface area contributed by atoms with Gasteiger partial charge in [0.15, 0.2) is 0 Å². The fourth-order valence-corrected chi connectivity index (χ4v) is 4.45. The molecule has 1 aliphatic heterocycles. The first-order chi connectivity index (χ1) is 9.76. The van der Waals surface area contributed by atoms with Gasteiger partial charge in [-0.15, -0.1) is 0 Å². The number of carbonyl (C=O) groups is 1. The lowest BCUT2D eigenvalue weighted by atomic mass is 9.60. The van der Waals surface area contributed by atoms with Crippen LogP contribution in [0.3, 0.4) is 0 Å². The van der Waals surface area contributed by atoms with E-state index in [0.717, 1.165) is 39.0 Å². The lowest BCUT2D eigenvalue weighted by molar-refractivity contribution is -0.146. The molecular formula is C16H28N2O2. The molecular weight excluding hydrogens is 252 g/mol. The van der Waals surface area contributed by atoms with E-state index in [1.807, 2.05) is 0 Å². The zero-order chi connectivity index (χ0) is 14.0. The standard InChI is InChI=1S/C16H28N2O2/c1-2-20-14-10-13(16(14)7-3-4-8-16)18-15(19)12-6-5-9-17-11-12/h12-14,17H,2-11H2,1H3,(H,18,19). The first-order valence-electron chi connectivity index (χ1n) is 8.39. The van der Waals surface area contributed by atoms with Crippen LogP contribution in [0, 0.1) is 11.3 Å². The lowest BCUT2D eigenvalue weighted by Crippen LogP contribution is -2.64. The van der Waals surface area contributed by atoms with E-state index >= 15 is 0 Å². The molecule has 1 amide bonds. The van der Waals surface area contributed by atoms with Gasteiger partial charge < -0.3 is 15.4 Å². The maximum Gasteiger partial charge on any atom is 0.224 e. The summed E-state index contributed by atoms with van der Waals surface area (Å²) >= 11 is 0. The Morgan fingerprint density at radius 3 is 2.80 bits per heavy atom. The highest BCUT2D eigenvalue weighted by Gasteiger charge is 2.57. The summed E-state index contributed by atoms with van der Waals surface area (Å²) in [6.07, 6.45) is 8.59. The summed E-state index contributed by atoms with van der Waals surface area (Å²) in [6, 6.07) is 0.357. The third kappa shape index (κ3) is 2.48. The van der Waals surface area contributed by atoms with Crippen molar-refractivity contribution >= 4 is 5.91 Å². The SMILES string of the molecule is CCOC1CC(NC(=O)C2CCCNC2)C12CCCC2. The molecule has 3 aliphatic rings. The van der Waals surface area contributed by atoms with Crippen LogP contribution in [-0.2, 0) is 9.53 Å². The van der Waals surface area contributed by atoms with Crippen molar-refractivity contribution in [3.05, 3.63) is 0 Å². The summed E-state index contributed by atoms with van der Waals surface area (Å²) in [5.41, 5.74) is 0.258. The van der Waals surface area contributed by atoms with Crippen LogP contribution >= 0.6 is 0 Å². The van der Waals surface area contributed by atoms with E-state index in [1.165, 1.54) is 25.7 Å². The number of ether oxygens (including phenoxy) is 1. The van der Waals surface area contributed by atoms with Crippen LogP contribution in [0.1, 0.15) is 51.9 Å². The lowest BCUT2D eigenvalue weighted by Gasteiger charge is -2.54. The number of piperidine rings is 1. The maximum atomic E-state index is 12.4. The van der Waals surface area contributed by atoms with Crippen molar-refractivity contribution in [2.24, 2.45) is 11.3 Å². The van der Waals surface area contributed by atoms with Crippen molar-refractivity contribution in [2.45, 2.75) is 64.0 Å². The highest BCUT2D eigenvalue weighted by molar-refractivity contribution is 5.79. The van der Waals surface area contributed by atoms with Gasteiger partial charge in [0, 0.05) is 24.6 Å². The van der Waals surface area contributed by atoms with Gasteiger partial charge in [-0.2, -0.15) is 0 Å². The van der Waals surface area contributed by atoms with E-state index in [0.29, 0.717) is 12.1 Å². The summed E-state index contributed by atoms with van der Waals surface area (Å²) in [6.45, 7) is 4.77. The molecule has 2 aliphatic carbocycles. The van der Waals surface area contributed by atoms with Gasteiger partial charge in [0.25, 0.3) is 0 Å². The van der Waals surface area contributed by atoms with Crippen molar-refractivity contribution in [3.8, 4) is 0 Å². The number of rotatable bonds is 4. The van der Waals surface area contributed by atoms with Crippen molar-refractivity contribution in [3.63, 3.8) is 0 Å². The molecule has 20 heavy (non-hydrogen) atoms. The van der Waals surface area contributed by atoms with Crippen molar-refractivity contribution in [1.82, 2.24) is 10.6 Å². The smallest absolute Gasteiger partial charge is 0.224 e. The molecule has 1 spiro atoms. The molecule has 1 saturated heterocycles. The number of carbonyl (C=O) groups excluding carboxylic acids is 1. The monoisotopic (exact) mass is 280 g/mol. The van der Waals surface area contributed by atoms with Gasteiger partial charge in [0.2, 0.25) is 5.91 Å². The van der Waals surface area contributed by atoms with Gasteiger partial charge >= 0.3 is 0 Å². The van der Waals surface area contributed by atoms with E-state index in [1.54, 1.807) is 0 Å². The molecule has 2 N–H and O–H groups in total. The summed E-state index contributed by atoms with van der Waals surface area (Å²) in [5.74, 6) is 0.441. The Kier molecular flexibility index (Phi) is 4.32. The topological polar surface area (TPSA) is 50.4 Å².